The van der Waals surface area contributed by atoms with E-state index in [1.165, 1.54) is 6.07 Å². The van der Waals surface area contributed by atoms with Gasteiger partial charge in [0, 0.05) is 12.1 Å². The van der Waals surface area contributed by atoms with Crippen LogP contribution in [0.5, 0.6) is 5.75 Å². The first kappa shape index (κ1) is 15.8. The summed E-state index contributed by atoms with van der Waals surface area (Å²) >= 11 is 0. The number of nitro benzene ring substituents is 1. The van der Waals surface area contributed by atoms with Crippen molar-refractivity contribution in [3.8, 4) is 28.3 Å². The molecule has 0 amide bonds. The van der Waals surface area contributed by atoms with E-state index in [4.69, 9.17) is 9.15 Å². The highest BCUT2D eigenvalue weighted by molar-refractivity contribution is 5.82. The van der Waals surface area contributed by atoms with Crippen LogP contribution in [-0.4, -0.2) is 17.0 Å². The number of nitro groups is 1. The predicted molar refractivity (Wildman–Crippen MR) is 98.1 cm³/mol. The van der Waals surface area contributed by atoms with Crippen molar-refractivity contribution in [2.75, 3.05) is 7.11 Å². The molecule has 0 N–H and O–H groups in total. The Balaban J connectivity index is 1.90. The van der Waals surface area contributed by atoms with Gasteiger partial charge in [-0.05, 0) is 35.4 Å². The number of rotatable bonds is 4. The third-order valence-electron chi connectivity index (χ3n) is 4.13. The number of hydrogen-bond donors (Lipinski definition) is 0. The molecule has 4 rings (SSSR count). The van der Waals surface area contributed by atoms with E-state index in [0.29, 0.717) is 22.4 Å². The Hall–Kier alpha value is -3.67. The number of methoxy groups -OCH3 is 1. The minimum atomic E-state index is -0.431. The maximum Gasteiger partial charge on any atom is 0.282 e. The fourth-order valence-electron chi connectivity index (χ4n) is 2.82. The molecule has 1 aromatic heterocycles. The molecule has 3 aromatic carbocycles. The molecule has 0 saturated carbocycles. The van der Waals surface area contributed by atoms with Crippen LogP contribution in [0.3, 0.4) is 0 Å². The summed E-state index contributed by atoms with van der Waals surface area (Å²) < 4.78 is 11.0. The molecule has 128 valence electrons. The van der Waals surface area contributed by atoms with E-state index < -0.39 is 4.92 Å². The molecule has 0 radical (unpaired) electrons. The number of ether oxygens (including phenoxy) is 1. The molecule has 0 aliphatic rings. The van der Waals surface area contributed by atoms with Gasteiger partial charge in [-0.25, -0.2) is 4.98 Å². The minimum absolute atomic E-state index is 0.0526. The Kier molecular flexibility index (Phi) is 3.85. The van der Waals surface area contributed by atoms with Gasteiger partial charge >= 0.3 is 0 Å². The maximum atomic E-state index is 11.5. The van der Waals surface area contributed by atoms with Crippen LogP contribution in [-0.2, 0) is 0 Å². The zero-order valence-electron chi connectivity index (χ0n) is 13.9. The lowest BCUT2D eigenvalue weighted by Gasteiger charge is -2.04. The van der Waals surface area contributed by atoms with Crippen LogP contribution < -0.4 is 4.74 Å². The Morgan fingerprint density at radius 1 is 1.00 bits per heavy atom. The summed E-state index contributed by atoms with van der Waals surface area (Å²) in [4.78, 5) is 15.5. The second-order valence-electron chi connectivity index (χ2n) is 5.71. The SMILES string of the molecule is COc1ccc2nc(-c3cc(-c4ccccc4)ccc3[N+](=O)[O-])oc2c1. The van der Waals surface area contributed by atoms with Gasteiger partial charge in [-0.1, -0.05) is 30.3 Å². The fourth-order valence-corrected chi connectivity index (χ4v) is 2.82. The summed E-state index contributed by atoms with van der Waals surface area (Å²) in [6.45, 7) is 0. The van der Waals surface area contributed by atoms with Crippen molar-refractivity contribution in [2.24, 2.45) is 0 Å². The van der Waals surface area contributed by atoms with Crippen LogP contribution in [0.15, 0.2) is 71.1 Å². The highest BCUT2D eigenvalue weighted by atomic mass is 16.6. The summed E-state index contributed by atoms with van der Waals surface area (Å²) in [6, 6.07) is 19.8. The second-order valence-corrected chi connectivity index (χ2v) is 5.71. The van der Waals surface area contributed by atoms with Crippen molar-refractivity contribution in [1.82, 2.24) is 4.98 Å². The highest BCUT2D eigenvalue weighted by Crippen LogP contribution is 2.35. The van der Waals surface area contributed by atoms with Crippen molar-refractivity contribution in [1.29, 1.82) is 0 Å². The molecule has 6 heteroatoms. The Morgan fingerprint density at radius 2 is 1.81 bits per heavy atom. The van der Waals surface area contributed by atoms with E-state index in [1.807, 2.05) is 30.3 Å². The normalized spacial score (nSPS) is 10.8. The molecule has 0 aliphatic heterocycles. The fraction of sp³-hybridized carbons (Fsp3) is 0.0500. The van der Waals surface area contributed by atoms with Gasteiger partial charge in [0.1, 0.15) is 16.8 Å². The average Bonchev–Trinajstić information content (AvgIpc) is 3.11. The summed E-state index contributed by atoms with van der Waals surface area (Å²) in [6.07, 6.45) is 0. The monoisotopic (exact) mass is 346 g/mol. The van der Waals surface area contributed by atoms with Gasteiger partial charge in [0.15, 0.2) is 5.58 Å². The first-order valence-corrected chi connectivity index (χ1v) is 7.94. The molecule has 26 heavy (non-hydrogen) atoms. The molecule has 6 nitrogen and oxygen atoms in total. The number of benzene rings is 3. The third kappa shape index (κ3) is 2.77. The quantitative estimate of drug-likeness (QED) is 0.380. The zero-order chi connectivity index (χ0) is 18.1. The first-order chi connectivity index (χ1) is 12.7. The number of oxazole rings is 1. The first-order valence-electron chi connectivity index (χ1n) is 7.94. The Labute approximate surface area is 148 Å². The van der Waals surface area contributed by atoms with Gasteiger partial charge < -0.3 is 9.15 Å². The Morgan fingerprint density at radius 3 is 2.54 bits per heavy atom. The Bertz CT molecular complexity index is 1100. The molecule has 0 bridgehead atoms. The molecular formula is C20H14N2O4. The molecule has 0 aliphatic carbocycles. The van der Waals surface area contributed by atoms with E-state index in [1.54, 1.807) is 37.4 Å². The van der Waals surface area contributed by atoms with Gasteiger partial charge in [-0.3, -0.25) is 10.1 Å². The largest absolute Gasteiger partial charge is 0.497 e. The summed E-state index contributed by atoms with van der Waals surface area (Å²) in [5.41, 5.74) is 3.22. The molecule has 0 atom stereocenters. The van der Waals surface area contributed by atoms with Gasteiger partial charge in [0.2, 0.25) is 5.89 Å². The molecular weight excluding hydrogens is 332 g/mol. The van der Waals surface area contributed by atoms with Crippen molar-refractivity contribution in [3.63, 3.8) is 0 Å². The standard InChI is InChI=1S/C20H14N2O4/c1-25-15-8-9-17-19(12-15)26-20(21-17)16-11-14(7-10-18(16)22(23)24)13-5-3-2-4-6-13/h2-12H,1H3. The van der Waals surface area contributed by atoms with E-state index in [-0.39, 0.29) is 11.6 Å². The van der Waals surface area contributed by atoms with Crippen molar-refractivity contribution in [3.05, 3.63) is 76.8 Å². The average molecular weight is 346 g/mol. The van der Waals surface area contributed by atoms with Gasteiger partial charge in [0.05, 0.1) is 12.0 Å². The van der Waals surface area contributed by atoms with Crippen LogP contribution in [0.25, 0.3) is 33.7 Å². The number of aromatic nitrogens is 1. The maximum absolute atomic E-state index is 11.5. The van der Waals surface area contributed by atoms with E-state index in [2.05, 4.69) is 4.98 Å². The lowest BCUT2D eigenvalue weighted by molar-refractivity contribution is -0.384. The number of nitrogens with zero attached hydrogens (tertiary/aromatic N) is 2. The van der Waals surface area contributed by atoms with E-state index in [9.17, 15) is 10.1 Å². The lowest BCUT2D eigenvalue weighted by Crippen LogP contribution is -1.93. The molecule has 0 saturated heterocycles. The van der Waals surface area contributed by atoms with Crippen LogP contribution >= 0.6 is 0 Å². The van der Waals surface area contributed by atoms with E-state index >= 15 is 0 Å². The molecule has 0 spiro atoms. The molecule has 1 heterocycles. The topological polar surface area (TPSA) is 78.4 Å². The lowest BCUT2D eigenvalue weighted by atomic mass is 10.0. The molecule has 0 fully saturated rings. The minimum Gasteiger partial charge on any atom is -0.497 e. The predicted octanol–water partition coefficient (Wildman–Crippen LogP) is 5.08. The van der Waals surface area contributed by atoms with Crippen LogP contribution in [0, 0.1) is 10.1 Å². The molecule has 4 aromatic rings. The van der Waals surface area contributed by atoms with Crippen molar-refractivity contribution >= 4 is 16.8 Å². The third-order valence-corrected chi connectivity index (χ3v) is 4.13. The highest BCUT2D eigenvalue weighted by Gasteiger charge is 2.21. The smallest absolute Gasteiger partial charge is 0.282 e. The summed E-state index contributed by atoms with van der Waals surface area (Å²) in [5, 5.41) is 11.5. The van der Waals surface area contributed by atoms with Gasteiger partial charge in [-0.2, -0.15) is 0 Å². The van der Waals surface area contributed by atoms with E-state index in [0.717, 1.165) is 11.1 Å². The van der Waals surface area contributed by atoms with Crippen LogP contribution in [0.2, 0.25) is 0 Å². The van der Waals surface area contributed by atoms with Crippen molar-refractivity contribution < 1.29 is 14.1 Å². The van der Waals surface area contributed by atoms with Gasteiger partial charge in [0.25, 0.3) is 5.69 Å². The summed E-state index contributed by atoms with van der Waals surface area (Å²) in [7, 11) is 1.56. The van der Waals surface area contributed by atoms with Crippen molar-refractivity contribution in [2.45, 2.75) is 0 Å². The van der Waals surface area contributed by atoms with Gasteiger partial charge in [-0.15, -0.1) is 0 Å². The number of hydrogen-bond acceptors (Lipinski definition) is 5. The second kappa shape index (κ2) is 6.33. The summed E-state index contributed by atoms with van der Waals surface area (Å²) in [5.74, 6) is 0.838. The molecule has 0 unspecified atom stereocenters. The van der Waals surface area contributed by atoms with Crippen LogP contribution in [0.1, 0.15) is 0 Å². The number of fused-ring (bicyclic) bond motifs is 1. The zero-order valence-corrected chi connectivity index (χ0v) is 13.9. The van der Waals surface area contributed by atoms with Crippen LogP contribution in [0.4, 0.5) is 5.69 Å².